The number of aliphatic hydroxyl groups is 2. The fourth-order valence-electron chi connectivity index (χ4n) is 7.36. The van der Waals surface area contributed by atoms with Crippen LogP contribution < -0.4 is 40.9 Å². The third-order valence-electron chi connectivity index (χ3n) is 11.7. The molecule has 7 rings (SSSR count). The van der Waals surface area contributed by atoms with Gasteiger partial charge in [-0.2, -0.15) is 10.5 Å². The number of hydrogen-bond donors (Lipinski definition) is 6. The quantitative estimate of drug-likeness (QED) is 0.0214. The standard InChI is InChI=1S/C30H37N3O4.C17H19N3O2.C12H16O3.C2H6O/c1-22-26(19-31)18-30(23(2)33-22)25-8-12-28(13-9-25)36-16-5-4-15-32-20-27(34)21-37-29-10-6-24(7-11-29)14-17-35-3;1-12-16(10-14(11-19)17(21)20-12)13-4-6-15(7-5-13)22-9-3-2-8-18;1-13-7-6-10-2-4-11(5-3-10)14-8-12-9-15-12;1-2-3/h6-13,18,27,32-34H,1,4-5,14-17,20-21H2,2-3H3;4-7,10H,2-3,8-9,18H2,1H3,(H,20,21);2-5,12H,6-9H2,1H3;3H,2H2,1H3/t27-;;;/m0.../s1. The minimum atomic E-state index is -0.571. The van der Waals surface area contributed by atoms with Crippen LogP contribution in [0.5, 0.6) is 23.0 Å². The summed E-state index contributed by atoms with van der Waals surface area (Å²) in [5, 5.41) is 42.4. The normalized spacial score (nSPS) is 13.6. The fourth-order valence-corrected chi connectivity index (χ4v) is 7.36. The first-order valence-electron chi connectivity index (χ1n) is 26.1. The van der Waals surface area contributed by atoms with Crippen molar-refractivity contribution in [3.63, 3.8) is 0 Å². The van der Waals surface area contributed by atoms with Gasteiger partial charge in [0.05, 0.1) is 38.6 Å². The first kappa shape index (κ1) is 62.3. The van der Waals surface area contributed by atoms with Crippen LogP contribution in [0.4, 0.5) is 0 Å². The number of nitrogens with one attached hydrogen (secondary N) is 3. The van der Waals surface area contributed by atoms with E-state index in [1.807, 2.05) is 111 Å². The van der Waals surface area contributed by atoms with Gasteiger partial charge in [0.25, 0.3) is 5.56 Å². The first-order valence-corrected chi connectivity index (χ1v) is 26.1. The van der Waals surface area contributed by atoms with E-state index >= 15 is 0 Å². The molecule has 0 amide bonds. The summed E-state index contributed by atoms with van der Waals surface area (Å²) in [5.74, 6) is 3.27. The molecule has 1 fully saturated rings. The van der Waals surface area contributed by atoms with Crippen LogP contribution in [0.3, 0.4) is 0 Å². The van der Waals surface area contributed by atoms with Crippen molar-refractivity contribution >= 4 is 5.57 Å². The average Bonchev–Trinajstić information content (AvgIpc) is 4.28. The number of nitriles is 2. The Hall–Kier alpha value is -7.25. The lowest BCUT2D eigenvalue weighted by Gasteiger charge is -2.19. The second-order valence-electron chi connectivity index (χ2n) is 17.9. The van der Waals surface area contributed by atoms with Crippen molar-refractivity contribution in [1.82, 2.24) is 15.6 Å². The monoisotopic (exact) mass is 1050 g/mol. The molecule has 7 N–H and O–H groups in total. The average molecular weight is 1060 g/mol. The van der Waals surface area contributed by atoms with Gasteiger partial charge >= 0.3 is 0 Å². The number of aryl methyl sites for hydroxylation is 1. The number of H-pyrrole nitrogens is 1. The number of hydrogen-bond acceptors (Lipinski definition) is 15. The van der Waals surface area contributed by atoms with E-state index in [0.29, 0.717) is 56.9 Å². The molecule has 16 heteroatoms. The van der Waals surface area contributed by atoms with E-state index in [1.54, 1.807) is 27.2 Å². The molecule has 4 aromatic carbocycles. The van der Waals surface area contributed by atoms with Crippen LogP contribution in [0.15, 0.2) is 138 Å². The molecule has 0 bridgehead atoms. The number of aromatic amines is 1. The summed E-state index contributed by atoms with van der Waals surface area (Å²) >= 11 is 0. The Labute approximate surface area is 454 Å². The molecule has 1 unspecified atom stereocenters. The predicted octanol–water partition coefficient (Wildman–Crippen LogP) is 8.35. The second kappa shape index (κ2) is 35.9. The highest BCUT2D eigenvalue weighted by Gasteiger charge is 2.23. The van der Waals surface area contributed by atoms with Crippen LogP contribution in [-0.4, -0.2) is 114 Å². The molecule has 5 aromatic rings. The number of allylic oxidation sites excluding steroid dienone is 4. The molecule has 1 saturated heterocycles. The summed E-state index contributed by atoms with van der Waals surface area (Å²) in [6, 6.07) is 37.2. The summed E-state index contributed by atoms with van der Waals surface area (Å²) in [4.78, 5) is 14.3. The van der Waals surface area contributed by atoms with Gasteiger partial charge in [-0.15, -0.1) is 0 Å². The number of dihydropyridines is 1. The van der Waals surface area contributed by atoms with Crippen LogP contribution >= 0.6 is 0 Å². The van der Waals surface area contributed by atoms with Crippen LogP contribution in [0.25, 0.3) is 16.7 Å². The van der Waals surface area contributed by atoms with E-state index in [4.69, 9.17) is 49.3 Å². The molecule has 77 heavy (non-hydrogen) atoms. The lowest BCUT2D eigenvalue weighted by molar-refractivity contribution is 0.106. The molecule has 0 radical (unpaired) electrons. The molecule has 16 nitrogen and oxygen atoms in total. The Morgan fingerprint density at radius 3 is 1.81 bits per heavy atom. The zero-order valence-corrected chi connectivity index (χ0v) is 45.4. The zero-order valence-electron chi connectivity index (χ0n) is 45.4. The number of rotatable bonds is 27. The smallest absolute Gasteiger partial charge is 0.266 e. The van der Waals surface area contributed by atoms with E-state index in [9.17, 15) is 15.2 Å². The zero-order chi connectivity index (χ0) is 55.6. The van der Waals surface area contributed by atoms with Crippen LogP contribution in [0.2, 0.25) is 0 Å². The van der Waals surface area contributed by atoms with Gasteiger partial charge in [-0.25, -0.2) is 0 Å². The molecule has 1 aromatic heterocycles. The van der Waals surface area contributed by atoms with Gasteiger partial charge in [0.1, 0.15) is 66.1 Å². The van der Waals surface area contributed by atoms with Gasteiger partial charge in [0, 0.05) is 55.6 Å². The lowest BCUT2D eigenvalue weighted by Crippen LogP contribution is -2.32. The first-order chi connectivity index (χ1) is 37.4. The number of nitrogens with zero attached hydrogens (tertiary/aromatic N) is 2. The summed E-state index contributed by atoms with van der Waals surface area (Å²) in [5.41, 5.74) is 14.3. The maximum atomic E-state index is 11.6. The van der Waals surface area contributed by atoms with Gasteiger partial charge < -0.3 is 64.7 Å². The second-order valence-corrected chi connectivity index (χ2v) is 17.9. The van der Waals surface area contributed by atoms with Crippen molar-refractivity contribution in [3.8, 4) is 46.3 Å². The topological polar surface area (TPSA) is 239 Å². The number of aliphatic hydroxyl groups excluding tert-OH is 2. The maximum absolute atomic E-state index is 11.6. The highest BCUT2D eigenvalue weighted by molar-refractivity contribution is 5.81. The molecule has 2 aliphatic heterocycles. The summed E-state index contributed by atoms with van der Waals surface area (Å²) in [6.45, 7) is 16.0. The van der Waals surface area contributed by atoms with Crippen molar-refractivity contribution in [3.05, 3.63) is 171 Å². The number of nitrogens with two attached hydrogens (primary N) is 1. The minimum Gasteiger partial charge on any atom is -0.494 e. The van der Waals surface area contributed by atoms with E-state index in [2.05, 4.69) is 40.4 Å². The molecule has 2 aliphatic rings. The SMILES string of the molecule is C=C1NC(C)=C(c2ccc(OCCCCNC[C@H](O)COc3ccc(CCOC)cc3)cc2)C=C1C#N.CCO.COCCc1ccc(OCC2CO2)cc1.Cc1[nH]c(=O)c(C#N)cc1-c1ccc(OCCCCN)cc1. The van der Waals surface area contributed by atoms with E-state index in [1.165, 1.54) is 11.1 Å². The van der Waals surface area contributed by atoms with Gasteiger partial charge in [0.15, 0.2) is 0 Å². The number of benzene rings is 4. The van der Waals surface area contributed by atoms with Crippen molar-refractivity contribution in [2.24, 2.45) is 5.73 Å². The molecule has 0 aliphatic carbocycles. The fraction of sp³-hybridized carbons (Fsp3) is 0.393. The molecule has 0 spiro atoms. The Morgan fingerprint density at radius 1 is 0.766 bits per heavy atom. The Morgan fingerprint density at radius 2 is 1.29 bits per heavy atom. The Balaban J connectivity index is 0.000000269. The molecule has 0 saturated carbocycles. The van der Waals surface area contributed by atoms with Crippen molar-refractivity contribution < 1.29 is 43.4 Å². The number of pyridine rings is 1. The molecule has 2 atom stereocenters. The Bertz CT molecular complexity index is 2710. The van der Waals surface area contributed by atoms with Crippen molar-refractivity contribution in [2.45, 2.75) is 71.5 Å². The number of epoxide rings is 1. The molecule has 412 valence electrons. The van der Waals surface area contributed by atoms with Crippen molar-refractivity contribution in [1.29, 1.82) is 10.5 Å². The van der Waals surface area contributed by atoms with Gasteiger partial charge in [-0.3, -0.25) is 4.79 Å². The van der Waals surface area contributed by atoms with Gasteiger partial charge in [-0.1, -0.05) is 55.1 Å². The van der Waals surface area contributed by atoms with E-state index < -0.39 is 6.10 Å². The molecular formula is C61H78N6O10. The predicted molar refractivity (Wildman–Crippen MR) is 302 cm³/mol. The van der Waals surface area contributed by atoms with Crippen LogP contribution in [-0.2, 0) is 27.1 Å². The number of methoxy groups -OCH3 is 2. The number of unbranched alkanes of at least 4 members (excludes halogenated alkanes) is 2. The highest BCUT2D eigenvalue weighted by atomic mass is 16.6. The summed E-state index contributed by atoms with van der Waals surface area (Å²) in [7, 11) is 3.41. The molecule has 3 heterocycles. The number of ether oxygens (including phenoxy) is 7. The number of aromatic nitrogens is 1. The van der Waals surface area contributed by atoms with Crippen LogP contribution in [0.1, 0.15) is 67.5 Å². The maximum Gasteiger partial charge on any atom is 0.266 e. The van der Waals surface area contributed by atoms with E-state index in [-0.39, 0.29) is 24.3 Å². The third kappa shape index (κ3) is 23.7. The minimum absolute atomic E-state index is 0.114. The Kier molecular flexibility index (Phi) is 29.0. The third-order valence-corrected chi connectivity index (χ3v) is 11.7. The summed E-state index contributed by atoms with van der Waals surface area (Å²) < 4.78 is 37.9. The highest BCUT2D eigenvalue weighted by Crippen LogP contribution is 2.29. The van der Waals surface area contributed by atoms with Crippen molar-refractivity contribution in [2.75, 3.05) is 86.7 Å². The van der Waals surface area contributed by atoms with Crippen LogP contribution in [0, 0.1) is 29.6 Å². The van der Waals surface area contributed by atoms with Gasteiger partial charge in [-0.05, 0) is 155 Å². The largest absolute Gasteiger partial charge is 0.494 e. The summed E-state index contributed by atoms with van der Waals surface area (Å²) in [6.07, 6.45) is 7.16. The van der Waals surface area contributed by atoms with E-state index in [0.717, 1.165) is 115 Å². The lowest BCUT2D eigenvalue weighted by atomic mass is 9.97. The van der Waals surface area contributed by atoms with Gasteiger partial charge in [0.2, 0.25) is 0 Å². The molecular weight excluding hydrogens is 977 g/mol.